The van der Waals surface area contributed by atoms with Crippen LogP contribution in [0, 0.1) is 0 Å². The molecule has 18 heavy (non-hydrogen) atoms. The third-order valence-electron chi connectivity index (χ3n) is 2.72. The fourth-order valence-corrected chi connectivity index (χ4v) is 2.71. The molecule has 1 fully saturated rings. The highest BCUT2D eigenvalue weighted by atomic mass is 32.2. The van der Waals surface area contributed by atoms with E-state index in [9.17, 15) is 4.79 Å². The smallest absolute Gasteiger partial charge is 0.278 e. The van der Waals surface area contributed by atoms with E-state index in [1.165, 1.54) is 13.3 Å². The third kappa shape index (κ3) is 3.14. The number of hydrogen-bond acceptors (Lipinski definition) is 5. The molecule has 1 amide bonds. The molecule has 1 saturated heterocycles. The first kappa shape index (κ1) is 13.2. The maximum Gasteiger partial charge on any atom is 0.278 e. The van der Waals surface area contributed by atoms with Crippen LogP contribution in [0.2, 0.25) is 0 Å². The predicted molar refractivity (Wildman–Crippen MR) is 69.7 cm³/mol. The van der Waals surface area contributed by atoms with Gasteiger partial charge in [-0.1, -0.05) is 0 Å². The summed E-state index contributed by atoms with van der Waals surface area (Å²) < 4.78 is 5.71. The number of carbonyl (C=O) groups excluding carboxylic acids is 1. The summed E-state index contributed by atoms with van der Waals surface area (Å²) in [5.41, 5.74) is 0.479. The maximum absolute atomic E-state index is 11.7. The molecule has 0 bridgehead atoms. The van der Waals surface area contributed by atoms with Crippen molar-refractivity contribution in [2.24, 2.45) is 0 Å². The molecular formula is C12H16N2O3S. The van der Waals surface area contributed by atoms with Gasteiger partial charge in [0.2, 0.25) is 5.88 Å². The minimum atomic E-state index is -0.229. The lowest BCUT2D eigenvalue weighted by Crippen LogP contribution is -2.25. The Morgan fingerprint density at radius 2 is 2.39 bits per heavy atom. The second-order valence-electron chi connectivity index (χ2n) is 3.97. The van der Waals surface area contributed by atoms with Crippen molar-refractivity contribution in [3.8, 4) is 5.88 Å². The maximum atomic E-state index is 11.7. The van der Waals surface area contributed by atoms with Gasteiger partial charge in [0.05, 0.1) is 12.7 Å². The second-order valence-corrected chi connectivity index (χ2v) is 5.12. The van der Waals surface area contributed by atoms with Gasteiger partial charge in [-0.25, -0.2) is 10.0 Å². The molecule has 1 aliphatic rings. The van der Waals surface area contributed by atoms with E-state index < -0.39 is 0 Å². The molecule has 2 rings (SSSR count). The van der Waals surface area contributed by atoms with Gasteiger partial charge in [0.15, 0.2) is 0 Å². The lowest BCUT2D eigenvalue weighted by Gasteiger charge is -2.14. The number of pyridine rings is 1. The van der Waals surface area contributed by atoms with Gasteiger partial charge in [0.1, 0.15) is 6.10 Å². The van der Waals surface area contributed by atoms with Crippen molar-refractivity contribution in [2.75, 3.05) is 25.7 Å². The molecule has 2 heterocycles. The number of carbonyl (C=O) groups is 1. The summed E-state index contributed by atoms with van der Waals surface area (Å²) in [5.74, 6) is 2.49. The van der Waals surface area contributed by atoms with Crippen molar-refractivity contribution < 1.29 is 14.4 Å². The highest BCUT2D eigenvalue weighted by Crippen LogP contribution is 2.22. The standard InChI is InChI=1S/C12H16N2O3S/c1-14(16-2)12(15)9-3-4-11(13-7-9)17-10-5-6-18-8-10/h3-4,7,10H,5-6,8H2,1-2H3. The van der Waals surface area contributed by atoms with Crippen LogP contribution in [0.5, 0.6) is 5.88 Å². The number of aromatic nitrogens is 1. The molecule has 1 aliphatic heterocycles. The number of rotatable bonds is 4. The van der Waals surface area contributed by atoms with Crippen LogP contribution >= 0.6 is 11.8 Å². The van der Waals surface area contributed by atoms with Gasteiger partial charge in [0.25, 0.3) is 5.91 Å². The first-order chi connectivity index (χ1) is 8.70. The first-order valence-corrected chi connectivity index (χ1v) is 6.89. The van der Waals surface area contributed by atoms with Crippen LogP contribution in [-0.4, -0.2) is 47.7 Å². The fraction of sp³-hybridized carbons (Fsp3) is 0.500. The average molecular weight is 268 g/mol. The largest absolute Gasteiger partial charge is 0.473 e. The predicted octanol–water partition coefficient (Wildman–Crippen LogP) is 1.60. The van der Waals surface area contributed by atoms with E-state index in [1.54, 1.807) is 19.2 Å². The number of nitrogens with zero attached hydrogens (tertiary/aromatic N) is 2. The van der Waals surface area contributed by atoms with Crippen LogP contribution in [0.25, 0.3) is 0 Å². The fourth-order valence-electron chi connectivity index (χ4n) is 1.62. The van der Waals surface area contributed by atoms with Crippen LogP contribution < -0.4 is 4.74 Å². The van der Waals surface area contributed by atoms with Gasteiger partial charge < -0.3 is 4.74 Å². The van der Waals surface area contributed by atoms with Crippen molar-refractivity contribution >= 4 is 17.7 Å². The van der Waals surface area contributed by atoms with Crippen molar-refractivity contribution in [2.45, 2.75) is 12.5 Å². The Bertz CT molecular complexity index is 404. The minimum absolute atomic E-state index is 0.229. The topological polar surface area (TPSA) is 51.7 Å². The van der Waals surface area contributed by atoms with Crippen molar-refractivity contribution in [3.05, 3.63) is 23.9 Å². The SMILES string of the molecule is CON(C)C(=O)c1ccc(OC2CCSC2)nc1. The molecule has 0 radical (unpaired) electrons. The Morgan fingerprint density at radius 1 is 1.56 bits per heavy atom. The second kappa shape index (κ2) is 6.06. The third-order valence-corrected chi connectivity index (χ3v) is 3.85. The molecule has 5 nitrogen and oxygen atoms in total. The Labute approximate surface area is 110 Å². The van der Waals surface area contributed by atoms with E-state index in [1.807, 2.05) is 11.8 Å². The van der Waals surface area contributed by atoms with Gasteiger partial charge >= 0.3 is 0 Å². The van der Waals surface area contributed by atoms with E-state index in [0.29, 0.717) is 11.4 Å². The quantitative estimate of drug-likeness (QED) is 0.776. The van der Waals surface area contributed by atoms with Gasteiger partial charge in [-0.05, 0) is 18.2 Å². The minimum Gasteiger partial charge on any atom is -0.473 e. The summed E-state index contributed by atoms with van der Waals surface area (Å²) in [6.07, 6.45) is 2.81. The van der Waals surface area contributed by atoms with Crippen molar-refractivity contribution in [3.63, 3.8) is 0 Å². The van der Waals surface area contributed by atoms with Gasteiger partial charge in [0, 0.05) is 25.1 Å². The van der Waals surface area contributed by atoms with E-state index >= 15 is 0 Å². The number of ether oxygens (including phenoxy) is 1. The van der Waals surface area contributed by atoms with Crippen molar-refractivity contribution in [1.82, 2.24) is 10.0 Å². The zero-order chi connectivity index (χ0) is 13.0. The van der Waals surface area contributed by atoms with Crippen molar-refractivity contribution in [1.29, 1.82) is 0 Å². The molecular weight excluding hydrogens is 252 g/mol. The zero-order valence-electron chi connectivity index (χ0n) is 10.5. The monoisotopic (exact) mass is 268 g/mol. The number of hydrogen-bond donors (Lipinski definition) is 0. The Kier molecular flexibility index (Phi) is 4.43. The van der Waals surface area contributed by atoms with E-state index in [-0.39, 0.29) is 12.0 Å². The molecule has 6 heteroatoms. The van der Waals surface area contributed by atoms with E-state index in [4.69, 9.17) is 9.57 Å². The highest BCUT2D eigenvalue weighted by molar-refractivity contribution is 7.99. The Hall–Kier alpha value is -1.27. The zero-order valence-corrected chi connectivity index (χ0v) is 11.3. The summed E-state index contributed by atoms with van der Waals surface area (Å²) in [6.45, 7) is 0. The summed E-state index contributed by atoms with van der Waals surface area (Å²) in [7, 11) is 3.00. The Balaban J connectivity index is 1.98. The summed E-state index contributed by atoms with van der Waals surface area (Å²) in [5, 5.41) is 1.16. The number of amides is 1. The molecule has 0 N–H and O–H groups in total. The molecule has 1 atom stereocenters. The molecule has 1 aromatic heterocycles. The van der Waals surface area contributed by atoms with Gasteiger partial charge in [-0.3, -0.25) is 9.63 Å². The molecule has 0 aliphatic carbocycles. The molecule has 0 aromatic carbocycles. The van der Waals surface area contributed by atoms with Crippen LogP contribution in [0.4, 0.5) is 0 Å². The molecule has 1 unspecified atom stereocenters. The summed E-state index contributed by atoms with van der Waals surface area (Å²) in [4.78, 5) is 20.7. The first-order valence-electron chi connectivity index (χ1n) is 5.73. The molecule has 98 valence electrons. The lowest BCUT2D eigenvalue weighted by atomic mass is 10.2. The summed E-state index contributed by atoms with van der Waals surface area (Å²) in [6, 6.07) is 3.42. The van der Waals surface area contributed by atoms with Crippen LogP contribution in [-0.2, 0) is 4.84 Å². The highest BCUT2D eigenvalue weighted by Gasteiger charge is 2.18. The van der Waals surface area contributed by atoms with E-state index in [2.05, 4.69) is 4.98 Å². The summed E-state index contributed by atoms with van der Waals surface area (Å²) >= 11 is 1.89. The Morgan fingerprint density at radius 3 is 2.94 bits per heavy atom. The molecule has 0 spiro atoms. The van der Waals surface area contributed by atoms with E-state index in [0.717, 1.165) is 23.0 Å². The lowest BCUT2D eigenvalue weighted by molar-refractivity contribution is -0.0757. The van der Waals surface area contributed by atoms with Gasteiger partial charge in [-0.15, -0.1) is 0 Å². The van der Waals surface area contributed by atoms with Crippen LogP contribution in [0.3, 0.4) is 0 Å². The van der Waals surface area contributed by atoms with Crippen LogP contribution in [0.15, 0.2) is 18.3 Å². The molecule has 0 saturated carbocycles. The van der Waals surface area contributed by atoms with Crippen LogP contribution in [0.1, 0.15) is 16.8 Å². The normalized spacial score (nSPS) is 18.7. The average Bonchev–Trinajstić information content (AvgIpc) is 2.91. The number of hydroxylamine groups is 2. The number of thioether (sulfide) groups is 1. The van der Waals surface area contributed by atoms with Gasteiger partial charge in [-0.2, -0.15) is 11.8 Å². The molecule has 1 aromatic rings.